The predicted octanol–water partition coefficient (Wildman–Crippen LogP) is 0.687. The molecule has 3 aromatic rings. The maximum Gasteiger partial charge on any atom is 0.274 e. The van der Waals surface area contributed by atoms with Crippen molar-refractivity contribution in [1.29, 1.82) is 0 Å². The van der Waals surface area contributed by atoms with Crippen LogP contribution in [0.25, 0.3) is 0 Å². The number of likely N-dealkylation sites (tertiary alicyclic amines) is 1. The van der Waals surface area contributed by atoms with Crippen LogP contribution in [0.15, 0.2) is 59.9 Å². The molecule has 10 nitrogen and oxygen atoms in total. The molecule has 160 valence electrons. The molecule has 1 saturated heterocycles. The molecule has 0 aliphatic carbocycles. The van der Waals surface area contributed by atoms with Gasteiger partial charge in [0, 0.05) is 32.2 Å². The van der Waals surface area contributed by atoms with E-state index in [1.165, 1.54) is 16.6 Å². The van der Waals surface area contributed by atoms with Crippen molar-refractivity contribution >= 4 is 15.9 Å². The van der Waals surface area contributed by atoms with Crippen molar-refractivity contribution < 1.29 is 17.9 Å². The standard InChI is InChI=1S/C20H20N6O4S/c1-24-10-7-15(23-24)20(27)25-12-16-17(13-25)30-19-18(6-4-9-22-19)31(28,29)26(16)11-14-5-2-3-8-21-14/h2-10,16-17H,11-13H2,1H3/t16-,17+/m1/s1. The summed E-state index contributed by atoms with van der Waals surface area (Å²) in [6.45, 7) is 0.470. The van der Waals surface area contributed by atoms with Gasteiger partial charge in [-0.25, -0.2) is 13.4 Å². The number of hydrogen-bond acceptors (Lipinski definition) is 7. The van der Waals surface area contributed by atoms with E-state index < -0.39 is 22.2 Å². The lowest BCUT2D eigenvalue weighted by atomic mass is 10.2. The van der Waals surface area contributed by atoms with E-state index in [1.54, 1.807) is 53.3 Å². The van der Waals surface area contributed by atoms with Crippen LogP contribution in [0.3, 0.4) is 0 Å². The summed E-state index contributed by atoms with van der Waals surface area (Å²) in [7, 11) is -2.20. The van der Waals surface area contributed by atoms with Crippen LogP contribution in [0.2, 0.25) is 0 Å². The van der Waals surface area contributed by atoms with Crippen molar-refractivity contribution in [3.05, 3.63) is 66.4 Å². The normalized spacial score (nSPS) is 22.3. The fourth-order valence-corrected chi connectivity index (χ4v) is 5.65. The lowest BCUT2D eigenvalue weighted by molar-refractivity contribution is 0.0763. The molecule has 0 spiro atoms. The summed E-state index contributed by atoms with van der Waals surface area (Å²) >= 11 is 0. The zero-order chi connectivity index (χ0) is 21.6. The number of carbonyl (C=O) groups excluding carboxylic acids is 1. The van der Waals surface area contributed by atoms with Crippen LogP contribution in [-0.4, -0.2) is 68.5 Å². The quantitative estimate of drug-likeness (QED) is 0.589. The Balaban J connectivity index is 1.53. The summed E-state index contributed by atoms with van der Waals surface area (Å²) in [5.74, 6) is -0.221. The molecule has 0 saturated carbocycles. The predicted molar refractivity (Wildman–Crippen MR) is 109 cm³/mol. The van der Waals surface area contributed by atoms with Crippen molar-refractivity contribution in [2.24, 2.45) is 7.05 Å². The molecule has 5 heterocycles. The van der Waals surface area contributed by atoms with Crippen molar-refractivity contribution in [3.8, 4) is 5.88 Å². The van der Waals surface area contributed by atoms with Gasteiger partial charge in [0.25, 0.3) is 5.91 Å². The highest BCUT2D eigenvalue weighted by Gasteiger charge is 2.49. The first-order valence-electron chi connectivity index (χ1n) is 9.76. The lowest BCUT2D eigenvalue weighted by Gasteiger charge is -2.27. The van der Waals surface area contributed by atoms with Gasteiger partial charge in [-0.3, -0.25) is 14.5 Å². The van der Waals surface area contributed by atoms with Crippen LogP contribution < -0.4 is 4.74 Å². The Kier molecular flexibility index (Phi) is 4.71. The van der Waals surface area contributed by atoms with E-state index in [2.05, 4.69) is 15.1 Å². The minimum absolute atomic E-state index is 0.0166. The van der Waals surface area contributed by atoms with Gasteiger partial charge in [-0.2, -0.15) is 9.40 Å². The molecule has 31 heavy (non-hydrogen) atoms. The highest BCUT2D eigenvalue weighted by atomic mass is 32.2. The Morgan fingerprint density at radius 3 is 2.71 bits per heavy atom. The molecule has 3 aromatic heterocycles. The summed E-state index contributed by atoms with van der Waals surface area (Å²) in [4.78, 5) is 23.0. The molecule has 5 rings (SSSR count). The van der Waals surface area contributed by atoms with E-state index in [1.807, 2.05) is 6.07 Å². The number of aromatic nitrogens is 4. The highest BCUT2D eigenvalue weighted by molar-refractivity contribution is 7.89. The Bertz CT molecular complexity index is 1230. The SMILES string of the molecule is Cn1ccc(C(=O)N2C[C@@H]3Oc4ncccc4S(=O)(=O)N(Cc4ccccn4)[C@@H]3C2)n1. The largest absolute Gasteiger partial charge is 0.470 e. The smallest absolute Gasteiger partial charge is 0.274 e. The second kappa shape index (κ2) is 7.43. The number of rotatable bonds is 3. The zero-order valence-electron chi connectivity index (χ0n) is 16.7. The maximum absolute atomic E-state index is 13.6. The second-order valence-electron chi connectivity index (χ2n) is 7.49. The molecule has 2 atom stereocenters. The molecule has 2 aliphatic rings. The number of aryl methyl sites for hydroxylation is 1. The Morgan fingerprint density at radius 1 is 1.13 bits per heavy atom. The van der Waals surface area contributed by atoms with E-state index in [4.69, 9.17) is 4.74 Å². The van der Waals surface area contributed by atoms with Gasteiger partial charge in [-0.1, -0.05) is 6.07 Å². The number of hydrogen-bond donors (Lipinski definition) is 0. The summed E-state index contributed by atoms with van der Waals surface area (Å²) in [6, 6.07) is 9.45. The summed E-state index contributed by atoms with van der Waals surface area (Å²) in [5, 5.41) is 4.17. The third kappa shape index (κ3) is 3.45. The van der Waals surface area contributed by atoms with E-state index in [0.717, 1.165) is 0 Å². The summed E-state index contributed by atoms with van der Waals surface area (Å²) in [6.07, 6.45) is 4.23. The molecular weight excluding hydrogens is 420 g/mol. The average molecular weight is 440 g/mol. The first-order valence-corrected chi connectivity index (χ1v) is 11.2. The molecule has 0 radical (unpaired) electrons. The molecular formula is C20H20N6O4S. The second-order valence-corrected chi connectivity index (χ2v) is 9.35. The third-order valence-corrected chi connectivity index (χ3v) is 7.34. The average Bonchev–Trinajstić information content (AvgIpc) is 3.37. The van der Waals surface area contributed by atoms with Gasteiger partial charge in [0.15, 0.2) is 0 Å². The molecule has 0 N–H and O–H groups in total. The van der Waals surface area contributed by atoms with Gasteiger partial charge in [0.1, 0.15) is 16.7 Å². The number of sulfonamides is 1. The molecule has 1 fully saturated rings. The minimum atomic E-state index is -3.93. The zero-order valence-corrected chi connectivity index (χ0v) is 17.5. The van der Waals surface area contributed by atoms with E-state index in [0.29, 0.717) is 11.4 Å². The van der Waals surface area contributed by atoms with Crippen LogP contribution in [0, 0.1) is 0 Å². The van der Waals surface area contributed by atoms with E-state index >= 15 is 0 Å². The Morgan fingerprint density at radius 2 is 1.97 bits per heavy atom. The van der Waals surface area contributed by atoms with Crippen LogP contribution in [-0.2, 0) is 23.6 Å². The Labute approximate surface area is 179 Å². The van der Waals surface area contributed by atoms with Crippen LogP contribution in [0.4, 0.5) is 0 Å². The number of pyridine rings is 2. The number of carbonyl (C=O) groups is 1. The molecule has 1 amide bonds. The third-order valence-electron chi connectivity index (χ3n) is 5.46. The van der Waals surface area contributed by atoms with Crippen molar-refractivity contribution in [1.82, 2.24) is 29.0 Å². The lowest BCUT2D eigenvalue weighted by Crippen LogP contribution is -2.46. The molecule has 2 aliphatic heterocycles. The van der Waals surface area contributed by atoms with Gasteiger partial charge < -0.3 is 9.64 Å². The number of amides is 1. The van der Waals surface area contributed by atoms with Crippen LogP contribution >= 0.6 is 0 Å². The van der Waals surface area contributed by atoms with Crippen molar-refractivity contribution in [3.63, 3.8) is 0 Å². The monoisotopic (exact) mass is 440 g/mol. The van der Waals surface area contributed by atoms with Gasteiger partial charge in [0.05, 0.1) is 24.8 Å². The summed E-state index contributed by atoms with van der Waals surface area (Å²) in [5.41, 5.74) is 0.906. The first kappa shape index (κ1) is 19.6. The minimum Gasteiger partial charge on any atom is -0.470 e. The summed E-state index contributed by atoms with van der Waals surface area (Å²) < 4.78 is 36.1. The number of ether oxygens (including phenoxy) is 1. The van der Waals surface area contributed by atoms with Gasteiger partial charge in [0.2, 0.25) is 15.9 Å². The molecule has 0 bridgehead atoms. The van der Waals surface area contributed by atoms with Crippen molar-refractivity contribution in [2.45, 2.75) is 23.6 Å². The fourth-order valence-electron chi connectivity index (χ4n) is 3.97. The van der Waals surface area contributed by atoms with E-state index in [9.17, 15) is 13.2 Å². The topological polar surface area (TPSA) is 111 Å². The van der Waals surface area contributed by atoms with Crippen molar-refractivity contribution in [2.75, 3.05) is 13.1 Å². The molecule has 0 unspecified atom stereocenters. The highest BCUT2D eigenvalue weighted by Crippen LogP contribution is 2.35. The molecule has 0 aromatic carbocycles. The maximum atomic E-state index is 13.6. The van der Waals surface area contributed by atoms with Gasteiger partial charge in [-0.15, -0.1) is 0 Å². The fraction of sp³-hybridized carbons (Fsp3) is 0.300. The van der Waals surface area contributed by atoms with Crippen LogP contribution in [0.1, 0.15) is 16.2 Å². The van der Waals surface area contributed by atoms with Gasteiger partial charge >= 0.3 is 0 Å². The first-order chi connectivity index (χ1) is 14.9. The number of fused-ring (bicyclic) bond motifs is 2. The van der Waals surface area contributed by atoms with E-state index in [-0.39, 0.29) is 36.3 Å². The Hall–Kier alpha value is -3.31. The van der Waals surface area contributed by atoms with Crippen LogP contribution in [0.5, 0.6) is 5.88 Å². The van der Waals surface area contributed by atoms with Gasteiger partial charge in [-0.05, 0) is 30.3 Å². The number of nitrogens with zero attached hydrogens (tertiary/aromatic N) is 6. The molecule has 11 heteroatoms.